The first-order valence-electron chi connectivity index (χ1n) is 25.7. The summed E-state index contributed by atoms with van der Waals surface area (Å²) in [7, 11) is -9.72. The number of hydrogen-bond acceptors (Lipinski definition) is 23. The van der Waals surface area contributed by atoms with Crippen molar-refractivity contribution >= 4 is 55.5 Å². The molecule has 83 heavy (non-hydrogen) atoms. The van der Waals surface area contributed by atoms with Crippen molar-refractivity contribution < 1.29 is 109 Å². The van der Waals surface area contributed by atoms with Crippen molar-refractivity contribution in [3.63, 3.8) is 0 Å². The normalized spacial score (nSPS) is 17.5. The van der Waals surface area contributed by atoms with Crippen LogP contribution in [0.2, 0.25) is 5.28 Å². The summed E-state index contributed by atoms with van der Waals surface area (Å²) in [5.41, 5.74) is 1.48. The van der Waals surface area contributed by atoms with Crippen LogP contribution in [0.5, 0.6) is 5.75 Å². The Morgan fingerprint density at radius 2 is 1.34 bits per heavy atom. The Kier molecular flexibility index (Phi) is 28.0. The Morgan fingerprint density at radius 1 is 0.759 bits per heavy atom. The van der Waals surface area contributed by atoms with Gasteiger partial charge < -0.3 is 87.4 Å². The summed E-state index contributed by atoms with van der Waals surface area (Å²) in [6, 6.07) is 9.41. The number of nitrogens with zero attached hydrogens (tertiary/aromatic N) is 7. The second-order valence-electron chi connectivity index (χ2n) is 17.8. The highest BCUT2D eigenvalue weighted by Crippen LogP contribution is 2.55. The fourth-order valence-corrected chi connectivity index (χ4v) is 10.3. The molecule has 6 atom stereocenters. The van der Waals surface area contributed by atoms with Gasteiger partial charge in [0.2, 0.25) is 16.9 Å². The van der Waals surface area contributed by atoms with E-state index in [4.69, 9.17) is 68.5 Å². The largest absolute Gasteiger partial charge is 0.420 e. The van der Waals surface area contributed by atoms with E-state index in [1.807, 2.05) is 30.3 Å². The lowest BCUT2D eigenvalue weighted by molar-refractivity contribution is -0.136. The zero-order chi connectivity index (χ0) is 59.6. The lowest BCUT2D eigenvalue weighted by Gasteiger charge is -2.21. The molecule has 29 nitrogen and oxygen atoms in total. The number of aromatic nitrogens is 7. The molecule has 35 heteroatoms. The molecule has 0 aliphatic carbocycles. The van der Waals surface area contributed by atoms with Gasteiger partial charge in [0, 0.05) is 25.1 Å². The summed E-state index contributed by atoms with van der Waals surface area (Å²) in [5.74, 6) is -7.23. The van der Waals surface area contributed by atoms with Crippen molar-refractivity contribution in [2.24, 2.45) is 0 Å². The summed E-state index contributed by atoms with van der Waals surface area (Å²) < 4.78 is 125. The molecule has 0 spiro atoms. The maximum atomic E-state index is 13.6. The summed E-state index contributed by atoms with van der Waals surface area (Å²) in [5, 5.41) is 40.2. The van der Waals surface area contributed by atoms with Gasteiger partial charge in [-0.25, -0.2) is 22.5 Å². The predicted octanol–water partition coefficient (Wildman–Crippen LogP) is 2.43. The molecular formula is C48H65ClF3N9O20P2. The van der Waals surface area contributed by atoms with E-state index in [0.717, 1.165) is 10.2 Å². The predicted molar refractivity (Wildman–Crippen MR) is 281 cm³/mol. The average Bonchev–Trinajstić information content (AvgIpc) is 4.38. The second-order valence-corrected chi connectivity index (χ2v) is 22.2. The molecule has 1 fully saturated rings. The first-order valence-corrected chi connectivity index (χ1v) is 29.7. The Balaban J connectivity index is 0.747. The molecule has 4 heterocycles. The van der Waals surface area contributed by atoms with Crippen molar-refractivity contribution in [1.29, 1.82) is 0 Å². The number of halogens is 4. The van der Waals surface area contributed by atoms with Crippen LogP contribution in [0.1, 0.15) is 36.4 Å². The lowest BCUT2D eigenvalue weighted by Crippen LogP contribution is -2.33. The van der Waals surface area contributed by atoms with Crippen LogP contribution in [0.15, 0.2) is 54.9 Å². The van der Waals surface area contributed by atoms with E-state index < -0.39 is 87.5 Å². The van der Waals surface area contributed by atoms with E-state index in [2.05, 4.69) is 40.7 Å². The minimum atomic E-state index is -4.92. The SMILES string of the molecule is O=C(CCOCCOCCOCCOCc1cn(CCOCCOCCOCCOCCC(=O)Oc2c(F)cc(F)cc2F)nn1)NC[C@H](Nc1nc(Cl)nc2c1cnn2[C@@H]1O[C@H](COP(=O)(O)CP(=O)(O)O)[C@@H](O)[C@H]1O)c1ccccc1. The highest BCUT2D eigenvalue weighted by molar-refractivity contribution is 7.70. The average molecular weight is 1240 g/mol. The standard InChI is InChI=1S/C48H65ClF3N9O20P2/c49-48-56-45(35-26-54-61(46(35)57-48)47-43(65)42(64)39(80-47)30-79-83(69,70)31-82(66,67)68)55-38(32-4-2-1-3-5-32)27-53-40(62)6-9-71-12-15-74-20-21-77-22-23-78-29-34-28-60(59-58-34)8-11-73-14-17-76-19-18-75-16-13-72-10-7-41(63)81-44-36(51)24-33(50)25-37(44)52/h1-5,24-26,28,38-39,42-43,47,64-65H,6-23,27,29-31H2,(H,53,62)(H,69,70)(H,55,56,57)(H2,66,67,68)/t38-,39+,42+,43+,47+/m0/s1. The van der Waals surface area contributed by atoms with Crippen LogP contribution in [0, 0.1) is 17.5 Å². The zero-order valence-electron chi connectivity index (χ0n) is 44.5. The highest BCUT2D eigenvalue weighted by Gasteiger charge is 2.46. The smallest absolute Gasteiger partial charge is 0.340 e. The van der Waals surface area contributed by atoms with Gasteiger partial charge in [-0.05, 0) is 17.2 Å². The number of nitrogens with one attached hydrogen (secondary N) is 2. The molecule has 5 aromatic rings. The van der Waals surface area contributed by atoms with Crippen molar-refractivity contribution in [3.8, 4) is 5.75 Å². The zero-order valence-corrected chi connectivity index (χ0v) is 47.1. The molecule has 7 N–H and O–H groups in total. The molecule has 1 aliphatic rings. The quantitative estimate of drug-likeness (QED) is 0.00971. The molecule has 2 aromatic carbocycles. The van der Waals surface area contributed by atoms with Gasteiger partial charge in [-0.2, -0.15) is 15.1 Å². The molecule has 0 saturated carbocycles. The lowest BCUT2D eigenvalue weighted by atomic mass is 10.1. The molecule has 3 aromatic heterocycles. The maximum absolute atomic E-state index is 13.6. The number of amides is 1. The molecule has 0 radical (unpaired) electrons. The number of aliphatic hydroxyl groups excluding tert-OH is 2. The number of anilines is 1. The Bertz CT molecular complexity index is 2860. The van der Waals surface area contributed by atoms with E-state index in [0.29, 0.717) is 89.2 Å². The number of hydrogen-bond donors (Lipinski definition) is 7. The van der Waals surface area contributed by atoms with Gasteiger partial charge in [0.05, 0.1) is 149 Å². The molecular weight excluding hydrogens is 1180 g/mol. The third-order valence-corrected chi connectivity index (χ3v) is 15.1. The van der Waals surface area contributed by atoms with Crippen LogP contribution in [0.25, 0.3) is 11.0 Å². The van der Waals surface area contributed by atoms with Crippen LogP contribution >= 0.6 is 26.8 Å². The summed E-state index contributed by atoms with van der Waals surface area (Å²) in [6.45, 7) is 3.98. The van der Waals surface area contributed by atoms with E-state index in [-0.39, 0.29) is 88.3 Å². The topological polar surface area (TPSA) is 369 Å². The molecule has 1 amide bonds. The van der Waals surface area contributed by atoms with E-state index in [1.165, 1.54) is 6.20 Å². The number of rotatable bonds is 41. The first-order chi connectivity index (χ1) is 39.9. The van der Waals surface area contributed by atoms with Gasteiger partial charge in [-0.1, -0.05) is 35.5 Å². The van der Waals surface area contributed by atoms with Crippen LogP contribution in [0.3, 0.4) is 0 Å². The van der Waals surface area contributed by atoms with E-state index in [1.54, 1.807) is 10.9 Å². The fourth-order valence-electron chi connectivity index (χ4n) is 7.52. The summed E-state index contributed by atoms with van der Waals surface area (Å²) >= 11 is 6.34. The highest BCUT2D eigenvalue weighted by atomic mass is 35.5. The van der Waals surface area contributed by atoms with Crippen LogP contribution in [-0.4, -0.2) is 208 Å². The van der Waals surface area contributed by atoms with Crippen molar-refractivity contribution in [3.05, 3.63) is 88.9 Å². The van der Waals surface area contributed by atoms with Gasteiger partial charge in [0.25, 0.3) is 0 Å². The number of benzene rings is 2. The van der Waals surface area contributed by atoms with E-state index in [9.17, 15) is 47.0 Å². The molecule has 1 aliphatic heterocycles. The van der Waals surface area contributed by atoms with Crippen molar-refractivity contribution in [2.45, 2.75) is 56.6 Å². The molecule has 460 valence electrons. The molecule has 1 unspecified atom stereocenters. The summed E-state index contributed by atoms with van der Waals surface area (Å²) in [4.78, 5) is 61.3. The van der Waals surface area contributed by atoms with Crippen molar-refractivity contribution in [2.75, 3.05) is 123 Å². The van der Waals surface area contributed by atoms with Gasteiger partial charge in [-0.15, -0.1) is 5.10 Å². The van der Waals surface area contributed by atoms with E-state index >= 15 is 0 Å². The molecule has 1 saturated heterocycles. The minimum Gasteiger partial charge on any atom is -0.420 e. The third-order valence-electron chi connectivity index (χ3n) is 11.5. The third kappa shape index (κ3) is 23.7. The molecule has 0 bridgehead atoms. The number of carbonyl (C=O) groups excluding carboxylic acids is 2. The van der Waals surface area contributed by atoms with Crippen LogP contribution in [0.4, 0.5) is 19.0 Å². The number of esters is 1. The number of carbonyl (C=O) groups is 2. The fraction of sp³-hybridized carbons (Fsp3) is 0.562. The first kappa shape index (κ1) is 66.9. The minimum absolute atomic E-state index is 0.0560. The van der Waals surface area contributed by atoms with Gasteiger partial charge in [0.1, 0.15) is 35.6 Å². The second kappa shape index (κ2) is 34.7. The number of fused-ring (bicyclic) bond motifs is 1. The Labute approximate surface area is 477 Å². The summed E-state index contributed by atoms with van der Waals surface area (Å²) in [6.07, 6.45) is -3.25. The van der Waals surface area contributed by atoms with Gasteiger partial charge in [-0.3, -0.25) is 18.7 Å². The number of aliphatic hydroxyl groups is 2. The molecule has 6 rings (SSSR count). The Morgan fingerprint density at radius 3 is 1.95 bits per heavy atom. The van der Waals surface area contributed by atoms with Gasteiger partial charge in [0.15, 0.2) is 29.4 Å². The van der Waals surface area contributed by atoms with Crippen molar-refractivity contribution in [1.82, 2.24) is 40.1 Å². The Hall–Kier alpha value is -5.19. The monoisotopic (exact) mass is 1240 g/mol. The maximum Gasteiger partial charge on any atom is 0.340 e. The van der Waals surface area contributed by atoms with Gasteiger partial charge >= 0.3 is 21.2 Å². The van der Waals surface area contributed by atoms with Crippen LogP contribution in [-0.2, 0) is 79.0 Å². The van der Waals surface area contributed by atoms with Crippen LogP contribution < -0.4 is 15.4 Å². The number of ether oxygens (including phenoxy) is 10.